The van der Waals surface area contributed by atoms with Gasteiger partial charge in [0.2, 0.25) is 0 Å². The second kappa shape index (κ2) is 6.24. The highest BCUT2D eigenvalue weighted by Crippen LogP contribution is 2.30. The Morgan fingerprint density at radius 3 is 2.71 bits per heavy atom. The van der Waals surface area contributed by atoms with Crippen LogP contribution in [0.2, 0.25) is 0 Å². The van der Waals surface area contributed by atoms with Gasteiger partial charge >= 0.3 is 0 Å². The molecule has 3 rings (SSSR count). The SMILES string of the molecule is COc1ccc(CN2CC3CCCN3C[C@@H]2C)cc1OC. The third kappa shape index (κ3) is 3.01. The largest absolute Gasteiger partial charge is 0.493 e. The van der Waals surface area contributed by atoms with E-state index < -0.39 is 0 Å². The van der Waals surface area contributed by atoms with Crippen LogP contribution in [0.1, 0.15) is 25.3 Å². The summed E-state index contributed by atoms with van der Waals surface area (Å²) in [5, 5.41) is 0. The molecule has 2 fully saturated rings. The van der Waals surface area contributed by atoms with E-state index in [4.69, 9.17) is 9.47 Å². The zero-order chi connectivity index (χ0) is 14.8. The fourth-order valence-corrected chi connectivity index (χ4v) is 3.68. The van der Waals surface area contributed by atoms with E-state index >= 15 is 0 Å². The van der Waals surface area contributed by atoms with Gasteiger partial charge in [-0.2, -0.15) is 0 Å². The summed E-state index contributed by atoms with van der Waals surface area (Å²) >= 11 is 0. The minimum absolute atomic E-state index is 0.618. The first-order valence-corrected chi connectivity index (χ1v) is 7.90. The lowest BCUT2D eigenvalue weighted by Gasteiger charge is -2.42. The third-order valence-electron chi connectivity index (χ3n) is 4.90. The van der Waals surface area contributed by atoms with E-state index in [0.717, 1.165) is 24.1 Å². The highest BCUT2D eigenvalue weighted by atomic mass is 16.5. The van der Waals surface area contributed by atoms with Crippen LogP contribution in [0.15, 0.2) is 18.2 Å². The van der Waals surface area contributed by atoms with Crippen LogP contribution in [-0.2, 0) is 6.54 Å². The van der Waals surface area contributed by atoms with Crippen LogP contribution in [0, 0.1) is 0 Å². The Kier molecular flexibility index (Phi) is 4.36. The quantitative estimate of drug-likeness (QED) is 0.850. The lowest BCUT2D eigenvalue weighted by Crippen LogP contribution is -2.54. The Balaban J connectivity index is 1.70. The molecule has 2 aliphatic rings. The van der Waals surface area contributed by atoms with Crippen molar-refractivity contribution in [1.29, 1.82) is 0 Å². The Morgan fingerprint density at radius 1 is 1.14 bits per heavy atom. The normalized spacial score (nSPS) is 26.6. The van der Waals surface area contributed by atoms with E-state index in [2.05, 4.69) is 28.9 Å². The molecule has 21 heavy (non-hydrogen) atoms. The molecule has 116 valence electrons. The molecule has 0 N–H and O–H groups in total. The van der Waals surface area contributed by atoms with Crippen molar-refractivity contribution >= 4 is 0 Å². The molecule has 2 heterocycles. The maximum atomic E-state index is 5.41. The summed E-state index contributed by atoms with van der Waals surface area (Å²) in [6, 6.07) is 7.64. The minimum atomic E-state index is 0.618. The van der Waals surface area contributed by atoms with E-state index in [-0.39, 0.29) is 0 Å². The first-order valence-electron chi connectivity index (χ1n) is 7.90. The molecule has 1 aromatic rings. The molecular formula is C17H26N2O2. The number of nitrogens with zero attached hydrogens (tertiary/aromatic N) is 2. The van der Waals surface area contributed by atoms with Gasteiger partial charge in [-0.3, -0.25) is 9.80 Å². The molecule has 1 unspecified atom stereocenters. The Morgan fingerprint density at radius 2 is 1.95 bits per heavy atom. The maximum absolute atomic E-state index is 5.41. The number of rotatable bonds is 4. The van der Waals surface area contributed by atoms with Crippen LogP contribution in [0.4, 0.5) is 0 Å². The second-order valence-corrected chi connectivity index (χ2v) is 6.26. The summed E-state index contributed by atoms with van der Waals surface area (Å²) in [4.78, 5) is 5.27. The van der Waals surface area contributed by atoms with Gasteiger partial charge in [-0.1, -0.05) is 6.07 Å². The second-order valence-electron chi connectivity index (χ2n) is 6.26. The number of hydrogen-bond donors (Lipinski definition) is 0. The first-order chi connectivity index (χ1) is 10.2. The Bertz CT molecular complexity index is 492. The van der Waals surface area contributed by atoms with Crippen molar-refractivity contribution < 1.29 is 9.47 Å². The van der Waals surface area contributed by atoms with Crippen molar-refractivity contribution in [2.24, 2.45) is 0 Å². The van der Waals surface area contributed by atoms with Crippen molar-refractivity contribution in [3.63, 3.8) is 0 Å². The molecule has 0 aliphatic carbocycles. The molecule has 2 aliphatic heterocycles. The van der Waals surface area contributed by atoms with Crippen molar-refractivity contribution in [3.8, 4) is 11.5 Å². The summed E-state index contributed by atoms with van der Waals surface area (Å²) in [7, 11) is 3.38. The fraction of sp³-hybridized carbons (Fsp3) is 0.647. The van der Waals surface area contributed by atoms with E-state index in [9.17, 15) is 0 Å². The van der Waals surface area contributed by atoms with E-state index in [0.29, 0.717) is 6.04 Å². The number of hydrogen-bond acceptors (Lipinski definition) is 4. The summed E-state index contributed by atoms with van der Waals surface area (Å²) < 4.78 is 10.7. The zero-order valence-electron chi connectivity index (χ0n) is 13.3. The topological polar surface area (TPSA) is 24.9 Å². The van der Waals surface area contributed by atoms with Crippen molar-refractivity contribution in [2.45, 2.75) is 38.4 Å². The zero-order valence-corrected chi connectivity index (χ0v) is 13.3. The monoisotopic (exact) mass is 290 g/mol. The highest BCUT2D eigenvalue weighted by Gasteiger charge is 2.34. The number of fused-ring (bicyclic) bond motifs is 1. The molecule has 2 atom stereocenters. The third-order valence-corrected chi connectivity index (χ3v) is 4.90. The Hall–Kier alpha value is -1.26. The lowest BCUT2D eigenvalue weighted by atomic mass is 10.1. The van der Waals surface area contributed by atoms with Crippen molar-refractivity contribution in [1.82, 2.24) is 9.80 Å². The summed E-state index contributed by atoms with van der Waals surface area (Å²) in [6.45, 7) is 7.02. The van der Waals surface area contributed by atoms with Gasteiger partial charge < -0.3 is 9.47 Å². The van der Waals surface area contributed by atoms with Crippen molar-refractivity contribution in [2.75, 3.05) is 33.9 Å². The first kappa shape index (κ1) is 14.7. The molecule has 0 aromatic heterocycles. The van der Waals surface area contributed by atoms with E-state index in [1.54, 1.807) is 14.2 Å². The standard InChI is InChI=1S/C17H26N2O2/c1-13-10-18-8-4-5-15(18)12-19(13)11-14-6-7-16(20-2)17(9-14)21-3/h6-7,9,13,15H,4-5,8,10-12H2,1-3H3/t13-,15?/m0/s1. The Labute approximate surface area is 127 Å². The summed E-state index contributed by atoms with van der Waals surface area (Å²) in [5.74, 6) is 1.62. The molecule has 0 saturated carbocycles. The number of piperazine rings is 1. The summed E-state index contributed by atoms with van der Waals surface area (Å²) in [6.07, 6.45) is 2.72. The van der Waals surface area contributed by atoms with Crippen LogP contribution >= 0.6 is 0 Å². The van der Waals surface area contributed by atoms with Crippen molar-refractivity contribution in [3.05, 3.63) is 23.8 Å². The smallest absolute Gasteiger partial charge is 0.161 e. The van der Waals surface area contributed by atoms with Crippen LogP contribution < -0.4 is 9.47 Å². The van der Waals surface area contributed by atoms with Gasteiger partial charge in [-0.15, -0.1) is 0 Å². The van der Waals surface area contributed by atoms with Gasteiger partial charge in [-0.25, -0.2) is 0 Å². The van der Waals surface area contributed by atoms with Gasteiger partial charge in [0.05, 0.1) is 14.2 Å². The number of methoxy groups -OCH3 is 2. The van der Waals surface area contributed by atoms with Crippen LogP contribution in [-0.4, -0.2) is 55.7 Å². The molecule has 1 aromatic carbocycles. The van der Waals surface area contributed by atoms with Crippen LogP contribution in [0.3, 0.4) is 0 Å². The van der Waals surface area contributed by atoms with Gasteiger partial charge in [-0.05, 0) is 44.0 Å². The summed E-state index contributed by atoms with van der Waals surface area (Å²) in [5.41, 5.74) is 1.30. The predicted molar refractivity (Wildman–Crippen MR) is 84.0 cm³/mol. The molecule has 2 saturated heterocycles. The minimum Gasteiger partial charge on any atom is -0.493 e. The average molecular weight is 290 g/mol. The van der Waals surface area contributed by atoms with Gasteiger partial charge in [0.15, 0.2) is 11.5 Å². The molecule has 0 bridgehead atoms. The molecule has 0 radical (unpaired) electrons. The van der Waals surface area contributed by atoms with E-state index in [1.807, 2.05) is 6.07 Å². The van der Waals surface area contributed by atoms with Gasteiger partial charge in [0.25, 0.3) is 0 Å². The number of ether oxygens (including phenoxy) is 2. The van der Waals surface area contributed by atoms with Crippen LogP contribution in [0.5, 0.6) is 11.5 Å². The average Bonchev–Trinajstić information content (AvgIpc) is 2.94. The lowest BCUT2D eigenvalue weighted by molar-refractivity contribution is 0.0540. The van der Waals surface area contributed by atoms with E-state index in [1.165, 1.54) is 38.0 Å². The number of benzene rings is 1. The molecule has 0 amide bonds. The molecule has 4 heteroatoms. The molecule has 4 nitrogen and oxygen atoms in total. The highest BCUT2D eigenvalue weighted by molar-refractivity contribution is 5.42. The maximum Gasteiger partial charge on any atom is 0.161 e. The molecular weight excluding hydrogens is 264 g/mol. The van der Waals surface area contributed by atoms with Gasteiger partial charge in [0.1, 0.15) is 0 Å². The molecule has 0 spiro atoms. The predicted octanol–water partition coefficient (Wildman–Crippen LogP) is 2.37. The van der Waals surface area contributed by atoms with Gasteiger partial charge in [0, 0.05) is 31.7 Å². The fourth-order valence-electron chi connectivity index (χ4n) is 3.68. The van der Waals surface area contributed by atoms with Crippen LogP contribution in [0.25, 0.3) is 0 Å².